The van der Waals surface area contributed by atoms with Gasteiger partial charge in [0.05, 0.1) is 15.6 Å². The maximum absolute atomic E-state index is 13.2. The van der Waals surface area contributed by atoms with Gasteiger partial charge in [0.15, 0.2) is 0 Å². The molecule has 0 atom stereocenters. The molecule has 3 aromatic rings. The topological polar surface area (TPSA) is 85.2 Å². The molecule has 0 spiro atoms. The van der Waals surface area contributed by atoms with E-state index in [9.17, 15) is 22.4 Å². The maximum Gasteiger partial charge on any atom is 0.270 e. The van der Waals surface area contributed by atoms with Crippen LogP contribution in [0.25, 0.3) is 0 Å². The second kappa shape index (κ2) is 8.64. The van der Waals surface area contributed by atoms with Crippen molar-refractivity contribution in [1.82, 2.24) is 4.57 Å². The van der Waals surface area contributed by atoms with Crippen LogP contribution in [0.3, 0.4) is 0 Å². The fourth-order valence-corrected chi connectivity index (χ4v) is 4.96. The number of rotatable bonds is 5. The molecule has 1 aromatic heterocycles. The van der Waals surface area contributed by atoms with E-state index in [1.54, 1.807) is 25.1 Å². The number of sulfone groups is 1. The van der Waals surface area contributed by atoms with Crippen molar-refractivity contribution < 1.29 is 17.6 Å². The third-order valence-electron chi connectivity index (χ3n) is 4.76. The minimum atomic E-state index is -4.09. The summed E-state index contributed by atoms with van der Waals surface area (Å²) >= 11 is 5.92. The average molecular weight is 463 g/mol. The lowest BCUT2D eigenvalue weighted by atomic mass is 10.2. The number of amides is 1. The van der Waals surface area contributed by atoms with E-state index in [1.165, 1.54) is 25.1 Å². The van der Waals surface area contributed by atoms with E-state index in [2.05, 4.69) is 5.32 Å². The fraction of sp³-hybridized carbons (Fsp3) is 0.182. The van der Waals surface area contributed by atoms with Gasteiger partial charge in [-0.2, -0.15) is 0 Å². The van der Waals surface area contributed by atoms with Crippen LogP contribution >= 0.6 is 11.6 Å². The van der Waals surface area contributed by atoms with Gasteiger partial charge in [0.2, 0.25) is 15.7 Å². The summed E-state index contributed by atoms with van der Waals surface area (Å²) in [5.41, 5.74) is 0.983. The molecular weight excluding hydrogens is 443 g/mol. The number of pyridine rings is 1. The van der Waals surface area contributed by atoms with Crippen molar-refractivity contribution in [3.05, 3.63) is 86.5 Å². The number of halogens is 2. The quantitative estimate of drug-likeness (QED) is 0.620. The number of aryl methyl sites for hydroxylation is 3. The highest BCUT2D eigenvalue weighted by molar-refractivity contribution is 7.91. The van der Waals surface area contributed by atoms with Crippen molar-refractivity contribution >= 4 is 33.0 Å². The van der Waals surface area contributed by atoms with Gasteiger partial charge in [0.1, 0.15) is 17.3 Å². The summed E-state index contributed by atoms with van der Waals surface area (Å²) in [6.45, 7) is 4.54. The Labute approximate surface area is 184 Å². The molecule has 0 radical (unpaired) electrons. The molecule has 1 amide bonds. The average Bonchev–Trinajstić information content (AvgIpc) is 2.67. The van der Waals surface area contributed by atoms with Gasteiger partial charge in [0.25, 0.3) is 5.56 Å². The summed E-state index contributed by atoms with van der Waals surface area (Å²) in [5, 5.41) is 2.51. The zero-order valence-corrected chi connectivity index (χ0v) is 18.6. The molecule has 3 rings (SSSR count). The van der Waals surface area contributed by atoms with Crippen molar-refractivity contribution in [3.8, 4) is 0 Å². The van der Waals surface area contributed by atoms with Crippen LogP contribution in [0, 0.1) is 26.6 Å². The summed E-state index contributed by atoms with van der Waals surface area (Å²) in [6.07, 6.45) is 0. The number of nitrogens with zero attached hydrogens (tertiary/aromatic N) is 1. The molecule has 0 saturated heterocycles. The lowest BCUT2D eigenvalue weighted by Crippen LogP contribution is -2.33. The Hall–Kier alpha value is -2.97. The second-order valence-electron chi connectivity index (χ2n) is 7.18. The largest absolute Gasteiger partial charge is 0.323 e. The van der Waals surface area contributed by atoms with Gasteiger partial charge < -0.3 is 9.88 Å². The van der Waals surface area contributed by atoms with E-state index in [0.717, 1.165) is 22.3 Å². The lowest BCUT2D eigenvalue weighted by Gasteiger charge is -2.15. The number of aromatic nitrogens is 1. The SMILES string of the molecule is Cc1ccc(S(=O)(=O)c2c(C)cc(C)n(CC(=O)Nc3ccc(F)cc3Cl)c2=O)cc1. The molecule has 6 nitrogen and oxygen atoms in total. The molecule has 1 heterocycles. The third kappa shape index (κ3) is 4.70. The van der Waals surface area contributed by atoms with Crippen LogP contribution in [0.15, 0.2) is 63.1 Å². The standard InChI is InChI=1S/C22H20ClFN2O4S/c1-13-4-7-17(8-5-13)31(29,30)21-14(2)10-15(3)26(22(21)28)12-20(27)25-19-9-6-16(24)11-18(19)23/h4-11H,12H2,1-3H3,(H,25,27). The fourth-order valence-electron chi connectivity index (χ4n) is 3.19. The maximum atomic E-state index is 13.2. The monoisotopic (exact) mass is 462 g/mol. The van der Waals surface area contributed by atoms with Gasteiger partial charge in [-0.05, 0) is 62.7 Å². The smallest absolute Gasteiger partial charge is 0.270 e. The Bertz CT molecular complexity index is 1330. The highest BCUT2D eigenvalue weighted by Crippen LogP contribution is 2.24. The van der Waals surface area contributed by atoms with Gasteiger partial charge in [-0.15, -0.1) is 0 Å². The van der Waals surface area contributed by atoms with Crippen LogP contribution in [0.5, 0.6) is 0 Å². The molecular formula is C22H20ClFN2O4S. The molecule has 0 saturated carbocycles. The number of carbonyl (C=O) groups excluding carboxylic acids is 1. The van der Waals surface area contributed by atoms with Gasteiger partial charge in [-0.25, -0.2) is 12.8 Å². The molecule has 0 aliphatic carbocycles. The molecule has 162 valence electrons. The Morgan fingerprint density at radius 2 is 1.71 bits per heavy atom. The van der Waals surface area contributed by atoms with E-state index in [1.807, 2.05) is 6.92 Å². The van der Waals surface area contributed by atoms with Crippen molar-refractivity contribution in [2.45, 2.75) is 37.1 Å². The van der Waals surface area contributed by atoms with Gasteiger partial charge >= 0.3 is 0 Å². The minimum absolute atomic E-state index is 0.00347. The number of benzene rings is 2. The molecule has 0 aliphatic rings. The molecule has 1 N–H and O–H groups in total. The van der Waals surface area contributed by atoms with Crippen LogP contribution in [0.2, 0.25) is 5.02 Å². The van der Waals surface area contributed by atoms with E-state index in [-0.39, 0.29) is 20.5 Å². The van der Waals surface area contributed by atoms with E-state index in [0.29, 0.717) is 11.3 Å². The molecule has 9 heteroatoms. The van der Waals surface area contributed by atoms with Crippen molar-refractivity contribution in [3.63, 3.8) is 0 Å². The first-order chi connectivity index (χ1) is 14.5. The Morgan fingerprint density at radius 3 is 2.32 bits per heavy atom. The molecule has 0 fully saturated rings. The molecule has 0 unspecified atom stereocenters. The van der Waals surface area contributed by atoms with Gasteiger partial charge in [0, 0.05) is 5.69 Å². The van der Waals surface area contributed by atoms with E-state index >= 15 is 0 Å². The summed E-state index contributed by atoms with van der Waals surface area (Å²) in [4.78, 5) is 25.2. The molecule has 2 aromatic carbocycles. The Morgan fingerprint density at radius 1 is 1.06 bits per heavy atom. The summed E-state index contributed by atoms with van der Waals surface area (Å²) in [7, 11) is -4.09. The van der Waals surface area contributed by atoms with Crippen LogP contribution in [0.4, 0.5) is 10.1 Å². The van der Waals surface area contributed by atoms with E-state index in [4.69, 9.17) is 11.6 Å². The minimum Gasteiger partial charge on any atom is -0.323 e. The van der Waals surface area contributed by atoms with Crippen LogP contribution in [0.1, 0.15) is 16.8 Å². The summed E-state index contributed by atoms with van der Waals surface area (Å²) in [5.74, 6) is -1.17. The number of hydrogen-bond acceptors (Lipinski definition) is 4. The third-order valence-corrected chi connectivity index (χ3v) is 7.00. The normalized spacial score (nSPS) is 11.4. The van der Waals surface area contributed by atoms with Crippen LogP contribution in [-0.4, -0.2) is 18.9 Å². The molecule has 31 heavy (non-hydrogen) atoms. The highest BCUT2D eigenvalue weighted by atomic mass is 35.5. The second-order valence-corrected chi connectivity index (χ2v) is 9.47. The zero-order valence-electron chi connectivity index (χ0n) is 17.1. The van der Waals surface area contributed by atoms with Gasteiger partial charge in [-0.1, -0.05) is 29.3 Å². The van der Waals surface area contributed by atoms with Crippen LogP contribution < -0.4 is 10.9 Å². The predicted octanol–water partition coefficient (Wildman–Crippen LogP) is 4.04. The summed E-state index contributed by atoms with van der Waals surface area (Å²) < 4.78 is 40.6. The van der Waals surface area contributed by atoms with Crippen molar-refractivity contribution in [1.29, 1.82) is 0 Å². The molecule has 0 aliphatic heterocycles. The number of anilines is 1. The first-order valence-corrected chi connectivity index (χ1v) is 11.1. The number of nitrogens with one attached hydrogen (secondary N) is 1. The van der Waals surface area contributed by atoms with Crippen molar-refractivity contribution in [2.75, 3.05) is 5.32 Å². The predicted molar refractivity (Wildman–Crippen MR) is 117 cm³/mol. The van der Waals surface area contributed by atoms with Crippen molar-refractivity contribution in [2.24, 2.45) is 0 Å². The van der Waals surface area contributed by atoms with Gasteiger partial charge in [-0.3, -0.25) is 9.59 Å². The first kappa shape index (κ1) is 22.7. The Balaban J connectivity index is 2.00. The van der Waals surface area contributed by atoms with E-state index < -0.39 is 33.7 Å². The number of carbonyl (C=O) groups is 1. The number of hydrogen-bond donors (Lipinski definition) is 1. The van der Waals surface area contributed by atoms with Crippen LogP contribution in [-0.2, 0) is 21.2 Å². The highest BCUT2D eigenvalue weighted by Gasteiger charge is 2.26. The Kier molecular flexibility index (Phi) is 6.33. The lowest BCUT2D eigenvalue weighted by molar-refractivity contribution is -0.116. The summed E-state index contributed by atoms with van der Waals surface area (Å²) in [6, 6.07) is 11.2. The first-order valence-electron chi connectivity index (χ1n) is 9.28. The molecule has 0 bridgehead atoms. The zero-order chi connectivity index (χ0) is 22.9.